The molecule has 1 N–H and O–H groups in total. The molecular weight excluding hydrogens is 127 g/mol. The zero-order valence-corrected chi connectivity index (χ0v) is 7.35. The van der Waals surface area contributed by atoms with Crippen molar-refractivity contribution in [2.45, 2.75) is 38.8 Å². The van der Waals surface area contributed by atoms with Crippen molar-refractivity contribution in [1.82, 2.24) is 0 Å². The minimum Gasteiger partial charge on any atom is -0.399 e. The van der Waals surface area contributed by atoms with Gasteiger partial charge in [-0.1, -0.05) is 0 Å². The SMILES string of the molecule is BC(C)(O)CCOC(C)C. The van der Waals surface area contributed by atoms with Crippen LogP contribution in [-0.2, 0) is 4.74 Å². The molecule has 2 nitrogen and oxygen atoms in total. The van der Waals surface area contributed by atoms with Crippen LogP contribution in [0.3, 0.4) is 0 Å². The van der Waals surface area contributed by atoms with Gasteiger partial charge in [-0.2, -0.15) is 0 Å². The highest BCUT2D eigenvalue weighted by Gasteiger charge is 2.11. The van der Waals surface area contributed by atoms with Gasteiger partial charge in [-0.25, -0.2) is 0 Å². The van der Waals surface area contributed by atoms with Crippen LogP contribution in [0.15, 0.2) is 0 Å². The first-order chi connectivity index (χ1) is 4.42. The third kappa shape index (κ3) is 7.98. The van der Waals surface area contributed by atoms with E-state index >= 15 is 0 Å². The van der Waals surface area contributed by atoms with Crippen molar-refractivity contribution in [2.75, 3.05) is 6.61 Å². The molecular formula is C7H17BO2. The monoisotopic (exact) mass is 144 g/mol. The lowest BCUT2D eigenvalue weighted by Gasteiger charge is -2.17. The van der Waals surface area contributed by atoms with Crippen LogP contribution in [0.1, 0.15) is 27.2 Å². The van der Waals surface area contributed by atoms with E-state index < -0.39 is 5.50 Å². The van der Waals surface area contributed by atoms with Crippen molar-refractivity contribution >= 4 is 7.85 Å². The lowest BCUT2D eigenvalue weighted by molar-refractivity contribution is 0.0383. The molecule has 10 heavy (non-hydrogen) atoms. The quantitative estimate of drug-likeness (QED) is 0.569. The van der Waals surface area contributed by atoms with Gasteiger partial charge in [0.15, 0.2) is 0 Å². The summed E-state index contributed by atoms with van der Waals surface area (Å²) in [7, 11) is 1.79. The molecule has 0 aliphatic carbocycles. The molecule has 0 aliphatic heterocycles. The number of ether oxygens (including phenoxy) is 1. The number of hydrogen-bond donors (Lipinski definition) is 1. The molecule has 0 aliphatic rings. The summed E-state index contributed by atoms with van der Waals surface area (Å²) < 4.78 is 5.26. The van der Waals surface area contributed by atoms with Crippen LogP contribution in [0.5, 0.6) is 0 Å². The summed E-state index contributed by atoms with van der Waals surface area (Å²) in [6.45, 7) is 6.41. The lowest BCUT2D eigenvalue weighted by atomic mass is 9.81. The van der Waals surface area contributed by atoms with Gasteiger partial charge < -0.3 is 9.84 Å². The van der Waals surface area contributed by atoms with E-state index in [1.165, 1.54) is 0 Å². The van der Waals surface area contributed by atoms with E-state index in [0.717, 1.165) is 0 Å². The Morgan fingerprint density at radius 2 is 2.10 bits per heavy atom. The lowest BCUT2D eigenvalue weighted by Crippen LogP contribution is -2.26. The predicted molar refractivity (Wildman–Crippen MR) is 44.9 cm³/mol. The maximum atomic E-state index is 9.25. The smallest absolute Gasteiger partial charge is 0.142 e. The van der Waals surface area contributed by atoms with Crippen LogP contribution in [0.25, 0.3) is 0 Å². The second-order valence-corrected chi connectivity index (χ2v) is 3.48. The number of rotatable bonds is 4. The Labute approximate surface area is 64.0 Å². The van der Waals surface area contributed by atoms with Crippen LogP contribution >= 0.6 is 0 Å². The third-order valence-corrected chi connectivity index (χ3v) is 1.17. The predicted octanol–water partition coefficient (Wildman–Crippen LogP) is 0.143. The normalized spacial score (nSPS) is 17.3. The Bertz CT molecular complexity index is 86.1. The minimum absolute atomic E-state index is 0.266. The molecule has 0 aromatic rings. The first-order valence-electron chi connectivity index (χ1n) is 3.76. The Kier molecular flexibility index (Phi) is 3.98. The maximum absolute atomic E-state index is 9.25. The van der Waals surface area contributed by atoms with E-state index in [1.54, 1.807) is 14.8 Å². The topological polar surface area (TPSA) is 29.5 Å². The second kappa shape index (κ2) is 3.99. The zero-order valence-electron chi connectivity index (χ0n) is 7.35. The molecule has 1 unspecified atom stereocenters. The van der Waals surface area contributed by atoms with E-state index in [2.05, 4.69) is 0 Å². The van der Waals surface area contributed by atoms with E-state index in [-0.39, 0.29) is 6.10 Å². The van der Waals surface area contributed by atoms with Crippen LogP contribution in [-0.4, -0.2) is 31.2 Å². The van der Waals surface area contributed by atoms with Gasteiger partial charge in [0, 0.05) is 12.1 Å². The Morgan fingerprint density at radius 3 is 2.40 bits per heavy atom. The Morgan fingerprint density at radius 1 is 1.60 bits per heavy atom. The molecule has 3 heteroatoms. The Hall–Kier alpha value is -0.0151. The second-order valence-electron chi connectivity index (χ2n) is 3.48. The highest BCUT2D eigenvalue weighted by atomic mass is 16.5. The summed E-state index contributed by atoms with van der Waals surface area (Å²) in [6, 6.07) is 0. The molecule has 0 rings (SSSR count). The van der Waals surface area contributed by atoms with E-state index in [0.29, 0.717) is 13.0 Å². The van der Waals surface area contributed by atoms with Gasteiger partial charge in [0.1, 0.15) is 7.85 Å². The number of aliphatic hydroxyl groups is 1. The molecule has 0 fully saturated rings. The summed E-state index contributed by atoms with van der Waals surface area (Å²) in [5.74, 6) is 0. The maximum Gasteiger partial charge on any atom is 0.142 e. The van der Waals surface area contributed by atoms with Gasteiger partial charge in [-0.15, -0.1) is 0 Å². The minimum atomic E-state index is -0.588. The van der Waals surface area contributed by atoms with Crippen molar-refractivity contribution in [3.8, 4) is 0 Å². The fourth-order valence-electron chi connectivity index (χ4n) is 0.544. The largest absolute Gasteiger partial charge is 0.399 e. The van der Waals surface area contributed by atoms with Crippen LogP contribution < -0.4 is 0 Å². The molecule has 0 aromatic carbocycles. The van der Waals surface area contributed by atoms with Crippen molar-refractivity contribution in [3.63, 3.8) is 0 Å². The fraction of sp³-hybridized carbons (Fsp3) is 1.00. The third-order valence-electron chi connectivity index (χ3n) is 1.17. The average molecular weight is 144 g/mol. The molecule has 0 saturated carbocycles. The van der Waals surface area contributed by atoms with Crippen LogP contribution in [0.2, 0.25) is 0 Å². The number of hydrogen-bond acceptors (Lipinski definition) is 2. The molecule has 0 bridgehead atoms. The molecule has 0 radical (unpaired) electrons. The summed E-state index contributed by atoms with van der Waals surface area (Å²) in [5.41, 5.74) is -0.588. The summed E-state index contributed by atoms with van der Waals surface area (Å²) in [5, 5.41) is 9.25. The summed E-state index contributed by atoms with van der Waals surface area (Å²) in [4.78, 5) is 0. The summed E-state index contributed by atoms with van der Waals surface area (Å²) in [6.07, 6.45) is 0.966. The van der Waals surface area contributed by atoms with Gasteiger partial charge in [0.05, 0.1) is 6.10 Å². The van der Waals surface area contributed by atoms with E-state index in [9.17, 15) is 5.11 Å². The van der Waals surface area contributed by atoms with Crippen molar-refractivity contribution < 1.29 is 9.84 Å². The van der Waals surface area contributed by atoms with Crippen LogP contribution in [0.4, 0.5) is 0 Å². The molecule has 60 valence electrons. The highest BCUT2D eigenvalue weighted by molar-refractivity contribution is 6.13. The first-order valence-corrected chi connectivity index (χ1v) is 3.76. The van der Waals surface area contributed by atoms with Crippen molar-refractivity contribution in [1.29, 1.82) is 0 Å². The zero-order chi connectivity index (χ0) is 8.20. The molecule has 1 atom stereocenters. The molecule has 0 aromatic heterocycles. The molecule has 0 amide bonds. The van der Waals surface area contributed by atoms with Crippen molar-refractivity contribution in [2.24, 2.45) is 0 Å². The first kappa shape index (κ1) is 9.98. The molecule has 0 heterocycles. The summed E-state index contributed by atoms with van der Waals surface area (Å²) >= 11 is 0. The standard InChI is InChI=1S/C7H17BO2/c1-6(2)10-5-4-7(3,8)9/h6,9H,4-5,8H2,1-3H3. The van der Waals surface area contributed by atoms with Gasteiger partial charge in [0.25, 0.3) is 0 Å². The van der Waals surface area contributed by atoms with Gasteiger partial charge in [0.2, 0.25) is 0 Å². The van der Waals surface area contributed by atoms with E-state index in [1.807, 2.05) is 13.8 Å². The molecule has 0 spiro atoms. The highest BCUT2D eigenvalue weighted by Crippen LogP contribution is 2.03. The van der Waals surface area contributed by atoms with Gasteiger partial charge in [-0.05, 0) is 27.2 Å². The van der Waals surface area contributed by atoms with Gasteiger partial charge >= 0.3 is 0 Å². The van der Waals surface area contributed by atoms with Crippen LogP contribution in [0, 0.1) is 0 Å². The average Bonchev–Trinajstić information content (AvgIpc) is 1.59. The molecule has 0 saturated heterocycles. The van der Waals surface area contributed by atoms with Crippen molar-refractivity contribution in [3.05, 3.63) is 0 Å². The van der Waals surface area contributed by atoms with Gasteiger partial charge in [-0.3, -0.25) is 0 Å². The fourth-order valence-corrected chi connectivity index (χ4v) is 0.544. The van der Waals surface area contributed by atoms with E-state index in [4.69, 9.17) is 4.74 Å². The Balaban J connectivity index is 3.21.